The number of rotatable bonds is 10. The van der Waals surface area contributed by atoms with Crippen LogP contribution in [0.25, 0.3) is 0 Å². The van der Waals surface area contributed by atoms with Crippen molar-refractivity contribution < 1.29 is 4.74 Å². The van der Waals surface area contributed by atoms with Gasteiger partial charge in [0.15, 0.2) is 5.96 Å². The van der Waals surface area contributed by atoms with Crippen molar-refractivity contribution in [1.29, 1.82) is 0 Å². The quantitative estimate of drug-likeness (QED) is 0.240. The molecule has 0 spiro atoms. The molecule has 0 amide bonds. The van der Waals surface area contributed by atoms with Crippen LogP contribution in [-0.4, -0.2) is 74.8 Å². The largest absolute Gasteiger partial charge is 0.379 e. The molecule has 2 aliphatic rings. The number of ether oxygens (including phenoxy) is 1. The molecule has 0 aromatic heterocycles. The Hall–Kier alpha value is -0.0800. The summed E-state index contributed by atoms with van der Waals surface area (Å²) >= 11 is 0. The Morgan fingerprint density at radius 3 is 2.54 bits per heavy atom. The molecule has 2 fully saturated rings. The summed E-state index contributed by atoms with van der Waals surface area (Å²) in [6, 6.07) is 0. The van der Waals surface area contributed by atoms with Gasteiger partial charge in [-0.15, -0.1) is 24.0 Å². The van der Waals surface area contributed by atoms with E-state index in [1.807, 2.05) is 0 Å². The fraction of sp³-hybridized carbons (Fsp3) is 0.944. The van der Waals surface area contributed by atoms with Gasteiger partial charge in [0.1, 0.15) is 0 Å². The number of halogens is 1. The Morgan fingerprint density at radius 2 is 1.92 bits per heavy atom. The van der Waals surface area contributed by atoms with Crippen molar-refractivity contribution in [2.75, 3.05) is 59.0 Å². The lowest BCUT2D eigenvalue weighted by Gasteiger charge is -2.24. The maximum Gasteiger partial charge on any atom is 0.194 e. The van der Waals surface area contributed by atoms with Gasteiger partial charge in [-0.05, 0) is 51.1 Å². The van der Waals surface area contributed by atoms with Crippen LogP contribution in [0.4, 0.5) is 0 Å². The zero-order chi connectivity index (χ0) is 16.5. The molecule has 1 aliphatic heterocycles. The van der Waals surface area contributed by atoms with Crippen molar-refractivity contribution in [2.45, 2.75) is 40.0 Å². The molecule has 0 aromatic rings. The standard InChI is InChI=1S/C18H36N4O.HI/c1-4-19-18(20-10-12-23-15-16-7-8-16)22-11-9-17(14-22)13-21(5-2)6-3;/h16-17H,4-15H2,1-3H3,(H,19,20);1H. The van der Waals surface area contributed by atoms with Crippen LogP contribution in [0, 0.1) is 11.8 Å². The minimum Gasteiger partial charge on any atom is -0.379 e. The Morgan fingerprint density at radius 1 is 1.17 bits per heavy atom. The van der Waals surface area contributed by atoms with E-state index in [-0.39, 0.29) is 24.0 Å². The molecule has 0 bridgehead atoms. The molecule has 5 nitrogen and oxygen atoms in total. The van der Waals surface area contributed by atoms with E-state index >= 15 is 0 Å². The van der Waals surface area contributed by atoms with Crippen molar-refractivity contribution in [3.63, 3.8) is 0 Å². The molecule has 1 N–H and O–H groups in total. The number of hydrogen-bond acceptors (Lipinski definition) is 3. The summed E-state index contributed by atoms with van der Waals surface area (Å²) in [4.78, 5) is 9.72. The average Bonchev–Trinajstić information content (AvgIpc) is 3.27. The zero-order valence-corrected chi connectivity index (χ0v) is 18.1. The van der Waals surface area contributed by atoms with E-state index in [0.29, 0.717) is 0 Å². The average molecular weight is 452 g/mol. The lowest BCUT2D eigenvalue weighted by molar-refractivity contribution is 0.131. The number of guanidine groups is 1. The monoisotopic (exact) mass is 452 g/mol. The Balaban J connectivity index is 0.00000288. The molecule has 6 heteroatoms. The van der Waals surface area contributed by atoms with Crippen molar-refractivity contribution >= 4 is 29.9 Å². The number of nitrogens with zero attached hydrogens (tertiary/aromatic N) is 3. The van der Waals surface area contributed by atoms with Gasteiger partial charge in [0.25, 0.3) is 0 Å². The molecule has 1 heterocycles. The SMILES string of the molecule is CCNC(=NCCOCC1CC1)N1CCC(CN(CC)CC)C1.I. The summed E-state index contributed by atoms with van der Waals surface area (Å²) in [5.74, 6) is 2.68. The highest BCUT2D eigenvalue weighted by molar-refractivity contribution is 14.0. The number of nitrogens with one attached hydrogen (secondary N) is 1. The second-order valence-corrected chi connectivity index (χ2v) is 6.84. The van der Waals surface area contributed by atoms with Crippen LogP contribution in [-0.2, 0) is 4.74 Å². The highest BCUT2D eigenvalue weighted by Gasteiger charge is 2.26. The van der Waals surface area contributed by atoms with Crippen molar-refractivity contribution in [2.24, 2.45) is 16.8 Å². The summed E-state index contributed by atoms with van der Waals surface area (Å²) in [7, 11) is 0. The van der Waals surface area contributed by atoms with E-state index in [4.69, 9.17) is 9.73 Å². The van der Waals surface area contributed by atoms with E-state index < -0.39 is 0 Å². The third kappa shape index (κ3) is 7.87. The summed E-state index contributed by atoms with van der Waals surface area (Å²) in [5.41, 5.74) is 0. The molecule has 1 aliphatic carbocycles. The van der Waals surface area contributed by atoms with Crippen LogP contribution in [0.5, 0.6) is 0 Å². The van der Waals surface area contributed by atoms with E-state index in [2.05, 4.69) is 35.9 Å². The van der Waals surface area contributed by atoms with Crippen LogP contribution in [0.3, 0.4) is 0 Å². The van der Waals surface area contributed by atoms with Crippen LogP contribution < -0.4 is 5.32 Å². The molecule has 142 valence electrons. The summed E-state index contributed by atoms with van der Waals surface area (Å²) in [5, 5.41) is 3.45. The molecule has 1 unspecified atom stereocenters. The molecule has 0 aromatic carbocycles. The van der Waals surface area contributed by atoms with Crippen LogP contribution in [0.1, 0.15) is 40.0 Å². The summed E-state index contributed by atoms with van der Waals surface area (Å²) < 4.78 is 5.69. The number of likely N-dealkylation sites (tertiary alicyclic amines) is 1. The van der Waals surface area contributed by atoms with Crippen LogP contribution in [0.2, 0.25) is 0 Å². The lowest BCUT2D eigenvalue weighted by atomic mass is 10.1. The first-order chi connectivity index (χ1) is 11.3. The fourth-order valence-corrected chi connectivity index (χ4v) is 3.20. The van der Waals surface area contributed by atoms with Gasteiger partial charge in [0.05, 0.1) is 13.2 Å². The minimum atomic E-state index is 0. The predicted octanol–water partition coefficient (Wildman–Crippen LogP) is 2.66. The van der Waals surface area contributed by atoms with Gasteiger partial charge in [0, 0.05) is 32.8 Å². The first kappa shape index (κ1) is 22.0. The maximum absolute atomic E-state index is 5.69. The van der Waals surface area contributed by atoms with Gasteiger partial charge in [-0.3, -0.25) is 4.99 Å². The first-order valence-electron chi connectivity index (χ1n) is 9.60. The highest BCUT2D eigenvalue weighted by Crippen LogP contribution is 2.28. The summed E-state index contributed by atoms with van der Waals surface area (Å²) in [6.07, 6.45) is 3.99. The third-order valence-corrected chi connectivity index (χ3v) is 4.88. The van der Waals surface area contributed by atoms with Gasteiger partial charge >= 0.3 is 0 Å². The van der Waals surface area contributed by atoms with Crippen LogP contribution >= 0.6 is 24.0 Å². The highest BCUT2D eigenvalue weighted by atomic mass is 127. The molecule has 1 saturated heterocycles. The third-order valence-electron chi connectivity index (χ3n) is 4.88. The topological polar surface area (TPSA) is 40.1 Å². The second kappa shape index (κ2) is 12.3. The molecule has 2 rings (SSSR count). The van der Waals surface area contributed by atoms with E-state index in [1.165, 1.54) is 25.8 Å². The first-order valence-corrected chi connectivity index (χ1v) is 9.60. The second-order valence-electron chi connectivity index (χ2n) is 6.84. The van der Waals surface area contributed by atoms with Gasteiger partial charge in [-0.2, -0.15) is 0 Å². The number of hydrogen-bond donors (Lipinski definition) is 1. The van der Waals surface area contributed by atoms with Gasteiger partial charge in [0.2, 0.25) is 0 Å². The molecule has 0 radical (unpaired) electrons. The van der Waals surface area contributed by atoms with Gasteiger partial charge in [-0.1, -0.05) is 13.8 Å². The smallest absolute Gasteiger partial charge is 0.194 e. The van der Waals surface area contributed by atoms with Gasteiger partial charge in [-0.25, -0.2) is 0 Å². The van der Waals surface area contributed by atoms with E-state index in [1.54, 1.807) is 0 Å². The van der Waals surface area contributed by atoms with E-state index in [0.717, 1.165) is 70.3 Å². The normalized spacial score (nSPS) is 21.2. The Bertz CT molecular complexity index is 359. The lowest BCUT2D eigenvalue weighted by Crippen LogP contribution is -2.41. The van der Waals surface area contributed by atoms with Crippen molar-refractivity contribution in [1.82, 2.24) is 15.1 Å². The van der Waals surface area contributed by atoms with Crippen molar-refractivity contribution in [3.8, 4) is 0 Å². The maximum atomic E-state index is 5.69. The van der Waals surface area contributed by atoms with E-state index in [9.17, 15) is 0 Å². The minimum absolute atomic E-state index is 0. The molecule has 1 saturated carbocycles. The predicted molar refractivity (Wildman–Crippen MR) is 112 cm³/mol. The fourth-order valence-electron chi connectivity index (χ4n) is 3.20. The molecule has 24 heavy (non-hydrogen) atoms. The number of aliphatic imine (C=N–C) groups is 1. The van der Waals surface area contributed by atoms with Crippen LogP contribution in [0.15, 0.2) is 4.99 Å². The van der Waals surface area contributed by atoms with Gasteiger partial charge < -0.3 is 19.9 Å². The van der Waals surface area contributed by atoms with Crippen molar-refractivity contribution in [3.05, 3.63) is 0 Å². The Labute approximate surface area is 165 Å². The molecular weight excluding hydrogens is 415 g/mol. The molecular formula is C18H37IN4O. The Kier molecular flexibility index (Phi) is 11.3. The zero-order valence-electron chi connectivity index (χ0n) is 15.8. The summed E-state index contributed by atoms with van der Waals surface area (Å²) in [6.45, 7) is 15.8. The molecule has 1 atom stereocenters.